The first-order valence-electron chi connectivity index (χ1n) is 11.7. The summed E-state index contributed by atoms with van der Waals surface area (Å²) in [5, 5.41) is 21.7. The molecule has 4 heterocycles. The fraction of sp³-hybridized carbons (Fsp3) is 0.458. The Morgan fingerprint density at radius 3 is 2.62 bits per heavy atom. The van der Waals surface area contributed by atoms with Gasteiger partial charge in [-0.1, -0.05) is 6.92 Å². The number of nitrogens with one attached hydrogen (secondary N) is 1. The number of rotatable bonds is 7. The lowest BCUT2D eigenvalue weighted by molar-refractivity contribution is -0.134. The Kier molecular flexibility index (Phi) is 5.27. The number of nitriles is 1. The Hall–Kier alpha value is -3.87. The highest BCUT2D eigenvalue weighted by Crippen LogP contribution is 2.47. The van der Waals surface area contributed by atoms with Crippen LogP contribution in [0.15, 0.2) is 30.9 Å². The maximum atomic E-state index is 13.0. The predicted molar refractivity (Wildman–Crippen MR) is 126 cm³/mol. The standard InChI is InChI=1S/C24H28N8O2/c1-3-15-10-30(23(34)24(14-25)5-6-24)13-19(15)29-21-18(22(26)33)9-28-32-12-16(7-20(21)32)17-8-27-31(4-2)11-17/h7-9,11-12,15,19,29H,3-6,10,13H2,1-2H3,(H2,26,33)/t15-,19-/m1/s1. The zero-order valence-corrected chi connectivity index (χ0v) is 19.4. The first-order valence-corrected chi connectivity index (χ1v) is 11.7. The van der Waals surface area contributed by atoms with Crippen LogP contribution in [0.4, 0.5) is 5.69 Å². The maximum absolute atomic E-state index is 13.0. The van der Waals surface area contributed by atoms with Crippen molar-refractivity contribution >= 4 is 23.0 Å². The van der Waals surface area contributed by atoms with Crippen molar-refractivity contribution in [3.05, 3.63) is 36.4 Å². The van der Waals surface area contributed by atoms with Crippen molar-refractivity contribution in [2.24, 2.45) is 17.1 Å². The zero-order chi connectivity index (χ0) is 24.0. The average Bonchev–Trinajstić information content (AvgIpc) is 3.18. The summed E-state index contributed by atoms with van der Waals surface area (Å²) < 4.78 is 3.57. The molecule has 176 valence electrons. The van der Waals surface area contributed by atoms with Gasteiger partial charge in [0.25, 0.3) is 5.91 Å². The molecule has 0 bridgehead atoms. The second-order valence-electron chi connectivity index (χ2n) is 9.26. The van der Waals surface area contributed by atoms with E-state index in [-0.39, 0.29) is 17.9 Å². The Labute approximate surface area is 197 Å². The largest absolute Gasteiger partial charge is 0.378 e. The summed E-state index contributed by atoms with van der Waals surface area (Å²) in [6, 6.07) is 4.10. The highest BCUT2D eigenvalue weighted by Gasteiger charge is 2.54. The van der Waals surface area contributed by atoms with E-state index in [2.05, 4.69) is 28.5 Å². The Bertz CT molecular complexity index is 1310. The molecule has 0 radical (unpaired) electrons. The van der Waals surface area contributed by atoms with Crippen LogP contribution in [0.3, 0.4) is 0 Å². The van der Waals surface area contributed by atoms with Crippen LogP contribution in [0.5, 0.6) is 0 Å². The van der Waals surface area contributed by atoms with Crippen LogP contribution in [-0.4, -0.2) is 55.2 Å². The van der Waals surface area contributed by atoms with Gasteiger partial charge >= 0.3 is 0 Å². The lowest BCUT2D eigenvalue weighted by Crippen LogP contribution is -2.36. The van der Waals surface area contributed by atoms with Crippen LogP contribution < -0.4 is 11.1 Å². The fourth-order valence-electron chi connectivity index (χ4n) is 4.84. The van der Waals surface area contributed by atoms with Gasteiger partial charge in [-0.05, 0) is 38.2 Å². The summed E-state index contributed by atoms with van der Waals surface area (Å²) in [5.74, 6) is -0.463. The summed E-state index contributed by atoms with van der Waals surface area (Å²) >= 11 is 0. The van der Waals surface area contributed by atoms with Crippen LogP contribution >= 0.6 is 0 Å². The van der Waals surface area contributed by atoms with Gasteiger partial charge < -0.3 is 16.0 Å². The molecule has 5 rings (SSSR count). The molecule has 1 saturated heterocycles. The number of carbonyl (C=O) groups excluding carboxylic acids is 2. The van der Waals surface area contributed by atoms with Crippen molar-refractivity contribution in [1.29, 1.82) is 5.26 Å². The molecule has 34 heavy (non-hydrogen) atoms. The molecular weight excluding hydrogens is 432 g/mol. The number of nitrogens with zero attached hydrogens (tertiary/aromatic N) is 6. The summed E-state index contributed by atoms with van der Waals surface area (Å²) in [7, 11) is 0. The number of primary amides is 1. The first kappa shape index (κ1) is 21.9. The smallest absolute Gasteiger partial charge is 0.252 e. The number of hydrogen-bond acceptors (Lipinski definition) is 6. The second-order valence-corrected chi connectivity index (χ2v) is 9.26. The van der Waals surface area contributed by atoms with Gasteiger partial charge in [0.05, 0.1) is 35.2 Å². The van der Waals surface area contributed by atoms with Gasteiger partial charge in [-0.2, -0.15) is 15.5 Å². The van der Waals surface area contributed by atoms with Crippen LogP contribution in [-0.2, 0) is 11.3 Å². The lowest BCUT2D eigenvalue weighted by atomic mass is 10.00. The van der Waals surface area contributed by atoms with E-state index < -0.39 is 11.3 Å². The summed E-state index contributed by atoms with van der Waals surface area (Å²) in [4.78, 5) is 27.1. The SMILES string of the molecule is CC[C@@H]1CN(C(=O)C2(C#N)CC2)C[C@H]1Nc1c(C(N)=O)cnn2cc(-c3cnn(CC)c3)cc12. The Morgan fingerprint density at radius 1 is 1.21 bits per heavy atom. The molecule has 1 aliphatic carbocycles. The normalized spacial score (nSPS) is 20.9. The number of anilines is 1. The number of nitrogens with two attached hydrogens (primary N) is 1. The number of aromatic nitrogens is 4. The fourth-order valence-corrected chi connectivity index (χ4v) is 4.84. The van der Waals surface area contributed by atoms with E-state index in [1.807, 2.05) is 30.1 Å². The molecule has 3 aromatic heterocycles. The van der Waals surface area contributed by atoms with Crippen molar-refractivity contribution in [1.82, 2.24) is 24.3 Å². The molecule has 1 saturated carbocycles. The van der Waals surface area contributed by atoms with Crippen molar-refractivity contribution in [2.45, 2.75) is 45.7 Å². The highest BCUT2D eigenvalue weighted by molar-refractivity contribution is 6.02. The number of aryl methyl sites for hydroxylation is 1. The van der Waals surface area contributed by atoms with Gasteiger partial charge in [0.2, 0.25) is 5.91 Å². The van der Waals surface area contributed by atoms with Gasteiger partial charge in [-0.25, -0.2) is 4.52 Å². The van der Waals surface area contributed by atoms with Crippen LogP contribution in [0.25, 0.3) is 16.6 Å². The van der Waals surface area contributed by atoms with E-state index in [4.69, 9.17) is 5.73 Å². The van der Waals surface area contributed by atoms with E-state index >= 15 is 0 Å². The van der Waals surface area contributed by atoms with Crippen LogP contribution in [0, 0.1) is 22.7 Å². The number of carbonyl (C=O) groups is 2. The lowest BCUT2D eigenvalue weighted by Gasteiger charge is -2.22. The first-order chi connectivity index (χ1) is 16.4. The van der Waals surface area contributed by atoms with E-state index in [0.29, 0.717) is 37.2 Å². The minimum Gasteiger partial charge on any atom is -0.378 e. The molecular formula is C24H28N8O2. The molecule has 3 N–H and O–H groups in total. The minimum atomic E-state index is -0.838. The summed E-state index contributed by atoms with van der Waals surface area (Å²) in [6.45, 7) is 5.95. The molecule has 0 aromatic carbocycles. The third-order valence-corrected chi connectivity index (χ3v) is 7.15. The van der Waals surface area contributed by atoms with Crippen molar-refractivity contribution in [3.8, 4) is 17.2 Å². The number of fused-ring (bicyclic) bond motifs is 1. The maximum Gasteiger partial charge on any atom is 0.252 e. The Morgan fingerprint density at radius 2 is 2.00 bits per heavy atom. The second kappa shape index (κ2) is 8.17. The third kappa shape index (κ3) is 3.57. The van der Waals surface area contributed by atoms with Gasteiger partial charge in [0.15, 0.2) is 0 Å². The molecule has 10 nitrogen and oxygen atoms in total. The van der Waals surface area contributed by atoms with Crippen molar-refractivity contribution < 1.29 is 9.59 Å². The zero-order valence-electron chi connectivity index (χ0n) is 19.4. The number of hydrogen-bond donors (Lipinski definition) is 2. The summed E-state index contributed by atoms with van der Waals surface area (Å²) in [5.41, 5.74) is 8.38. The molecule has 10 heteroatoms. The predicted octanol–water partition coefficient (Wildman–Crippen LogP) is 2.27. The molecule has 2 fully saturated rings. The molecule has 2 atom stereocenters. The van der Waals surface area contributed by atoms with Crippen molar-refractivity contribution in [3.63, 3.8) is 0 Å². The quantitative estimate of drug-likeness (QED) is 0.555. The molecule has 2 amide bonds. The van der Waals surface area contributed by atoms with E-state index in [9.17, 15) is 14.9 Å². The van der Waals surface area contributed by atoms with E-state index in [0.717, 1.165) is 29.6 Å². The average molecular weight is 461 g/mol. The molecule has 3 aromatic rings. The molecule has 2 aliphatic rings. The van der Waals surface area contributed by atoms with Crippen LogP contribution in [0.1, 0.15) is 43.5 Å². The molecule has 0 unspecified atom stereocenters. The van der Waals surface area contributed by atoms with Crippen LogP contribution in [0.2, 0.25) is 0 Å². The third-order valence-electron chi connectivity index (χ3n) is 7.15. The highest BCUT2D eigenvalue weighted by atomic mass is 16.2. The Balaban J connectivity index is 1.49. The van der Waals surface area contributed by atoms with Gasteiger partial charge in [0, 0.05) is 49.2 Å². The van der Waals surface area contributed by atoms with Gasteiger partial charge in [0.1, 0.15) is 5.41 Å². The van der Waals surface area contributed by atoms with Gasteiger partial charge in [-0.15, -0.1) is 0 Å². The monoisotopic (exact) mass is 460 g/mol. The van der Waals surface area contributed by atoms with Gasteiger partial charge in [-0.3, -0.25) is 14.3 Å². The number of likely N-dealkylation sites (tertiary alicyclic amines) is 1. The van der Waals surface area contributed by atoms with E-state index in [1.165, 1.54) is 6.20 Å². The van der Waals surface area contributed by atoms with Crippen molar-refractivity contribution in [2.75, 3.05) is 18.4 Å². The topological polar surface area (TPSA) is 134 Å². The molecule has 1 aliphatic heterocycles. The molecule has 0 spiro atoms. The summed E-state index contributed by atoms with van der Waals surface area (Å²) in [6.07, 6.45) is 9.26. The minimum absolute atomic E-state index is 0.0751. The van der Waals surface area contributed by atoms with E-state index in [1.54, 1.807) is 15.6 Å². The number of amides is 2.